The molecule has 0 unspecified atom stereocenters. The van der Waals surface area contributed by atoms with E-state index in [9.17, 15) is 9.59 Å². The SMILES string of the molecule is COc1ccc(-c2csc(NC(=O)COC(=O)c3sc(C)nc3C)n2)cc1. The molecule has 9 heteroatoms. The number of nitrogens with zero attached hydrogens (tertiary/aromatic N) is 2. The zero-order valence-electron chi connectivity index (χ0n) is 14.9. The average Bonchev–Trinajstić information content (AvgIpc) is 3.25. The molecule has 0 saturated heterocycles. The largest absolute Gasteiger partial charge is 0.497 e. The van der Waals surface area contributed by atoms with Gasteiger partial charge < -0.3 is 9.47 Å². The quantitative estimate of drug-likeness (QED) is 0.631. The molecule has 7 nitrogen and oxygen atoms in total. The molecule has 0 aliphatic heterocycles. The Balaban J connectivity index is 1.56. The fourth-order valence-corrected chi connectivity index (χ4v) is 3.85. The van der Waals surface area contributed by atoms with Crippen molar-refractivity contribution in [2.45, 2.75) is 13.8 Å². The summed E-state index contributed by atoms with van der Waals surface area (Å²) in [6.45, 7) is 3.16. The smallest absolute Gasteiger partial charge is 0.350 e. The Hall–Kier alpha value is -2.78. The average molecular weight is 403 g/mol. The third kappa shape index (κ3) is 4.69. The Kier molecular flexibility index (Phi) is 5.82. The number of nitrogens with one attached hydrogen (secondary N) is 1. The molecular formula is C18H17N3O4S2. The summed E-state index contributed by atoms with van der Waals surface area (Å²) in [6.07, 6.45) is 0. The van der Waals surface area contributed by atoms with Crippen molar-refractivity contribution in [2.24, 2.45) is 0 Å². The number of hydrogen-bond acceptors (Lipinski definition) is 8. The van der Waals surface area contributed by atoms with E-state index in [0.717, 1.165) is 22.0 Å². The first-order valence-electron chi connectivity index (χ1n) is 7.97. The van der Waals surface area contributed by atoms with Crippen molar-refractivity contribution in [1.29, 1.82) is 0 Å². The van der Waals surface area contributed by atoms with E-state index in [1.54, 1.807) is 14.0 Å². The summed E-state index contributed by atoms with van der Waals surface area (Å²) in [5, 5.41) is 5.69. The van der Waals surface area contributed by atoms with Crippen molar-refractivity contribution in [2.75, 3.05) is 19.0 Å². The van der Waals surface area contributed by atoms with Gasteiger partial charge in [0.1, 0.15) is 10.6 Å². The molecular weight excluding hydrogens is 386 g/mol. The molecule has 0 saturated carbocycles. The lowest BCUT2D eigenvalue weighted by Gasteiger charge is -2.04. The number of carbonyl (C=O) groups excluding carboxylic acids is 2. The molecule has 2 heterocycles. The number of amides is 1. The third-order valence-electron chi connectivity index (χ3n) is 3.56. The van der Waals surface area contributed by atoms with Gasteiger partial charge in [-0.1, -0.05) is 0 Å². The number of esters is 1. The molecule has 27 heavy (non-hydrogen) atoms. The van der Waals surface area contributed by atoms with Gasteiger partial charge >= 0.3 is 5.97 Å². The number of aryl methyl sites for hydroxylation is 2. The van der Waals surface area contributed by atoms with Crippen LogP contribution in [0.4, 0.5) is 5.13 Å². The highest BCUT2D eigenvalue weighted by atomic mass is 32.1. The number of rotatable bonds is 6. The second kappa shape index (κ2) is 8.28. The van der Waals surface area contributed by atoms with Gasteiger partial charge in [0.05, 0.1) is 23.5 Å². The zero-order chi connectivity index (χ0) is 19.4. The van der Waals surface area contributed by atoms with Crippen LogP contribution in [0.2, 0.25) is 0 Å². The summed E-state index contributed by atoms with van der Waals surface area (Å²) in [7, 11) is 1.61. The highest BCUT2D eigenvalue weighted by molar-refractivity contribution is 7.14. The van der Waals surface area contributed by atoms with Crippen molar-refractivity contribution >= 4 is 39.7 Å². The maximum absolute atomic E-state index is 12.0. The minimum atomic E-state index is -0.550. The Morgan fingerprint density at radius 3 is 2.52 bits per heavy atom. The third-order valence-corrected chi connectivity index (χ3v) is 5.37. The second-order valence-corrected chi connectivity index (χ2v) is 7.60. The maximum atomic E-state index is 12.0. The number of anilines is 1. The van der Waals surface area contributed by atoms with Crippen LogP contribution >= 0.6 is 22.7 Å². The van der Waals surface area contributed by atoms with Gasteiger partial charge in [0.25, 0.3) is 5.91 Å². The molecule has 0 spiro atoms. The highest BCUT2D eigenvalue weighted by Crippen LogP contribution is 2.26. The molecule has 0 atom stereocenters. The minimum absolute atomic E-state index is 0.382. The van der Waals surface area contributed by atoms with E-state index in [2.05, 4.69) is 15.3 Å². The van der Waals surface area contributed by atoms with E-state index < -0.39 is 11.9 Å². The molecule has 0 fully saturated rings. The van der Waals surface area contributed by atoms with Crippen LogP contribution in [-0.2, 0) is 9.53 Å². The van der Waals surface area contributed by atoms with Gasteiger partial charge in [-0.25, -0.2) is 14.8 Å². The summed E-state index contributed by atoms with van der Waals surface area (Å²) >= 11 is 2.54. The number of benzene rings is 1. The number of methoxy groups -OCH3 is 1. The number of aromatic nitrogens is 2. The first kappa shape index (κ1) is 19.0. The Morgan fingerprint density at radius 1 is 1.15 bits per heavy atom. The topological polar surface area (TPSA) is 90.4 Å². The normalized spacial score (nSPS) is 10.5. The molecule has 2 aromatic heterocycles. The molecule has 0 aliphatic rings. The highest BCUT2D eigenvalue weighted by Gasteiger charge is 2.17. The van der Waals surface area contributed by atoms with E-state index >= 15 is 0 Å². The van der Waals surface area contributed by atoms with Crippen LogP contribution in [0.5, 0.6) is 5.75 Å². The van der Waals surface area contributed by atoms with Crippen molar-refractivity contribution in [3.63, 3.8) is 0 Å². The number of hydrogen-bond donors (Lipinski definition) is 1. The first-order valence-corrected chi connectivity index (χ1v) is 9.67. The summed E-state index contributed by atoms with van der Waals surface area (Å²) in [5.41, 5.74) is 2.26. The van der Waals surface area contributed by atoms with Crippen molar-refractivity contribution < 1.29 is 19.1 Å². The van der Waals surface area contributed by atoms with Crippen molar-refractivity contribution in [3.05, 3.63) is 45.2 Å². The number of thiazole rings is 2. The van der Waals surface area contributed by atoms with Crippen LogP contribution in [0, 0.1) is 13.8 Å². The molecule has 1 N–H and O–H groups in total. The van der Waals surface area contributed by atoms with E-state index in [1.807, 2.05) is 36.6 Å². The lowest BCUT2D eigenvalue weighted by molar-refractivity contribution is -0.119. The summed E-state index contributed by atoms with van der Waals surface area (Å²) < 4.78 is 10.2. The number of ether oxygens (including phenoxy) is 2. The first-order chi connectivity index (χ1) is 13.0. The van der Waals surface area contributed by atoms with Gasteiger partial charge in [0.15, 0.2) is 11.7 Å². The lowest BCUT2D eigenvalue weighted by Crippen LogP contribution is -2.20. The van der Waals surface area contributed by atoms with Gasteiger partial charge in [-0.2, -0.15) is 0 Å². The van der Waals surface area contributed by atoms with E-state index in [-0.39, 0.29) is 6.61 Å². The summed E-state index contributed by atoms with van der Waals surface area (Å²) in [6, 6.07) is 7.46. The van der Waals surface area contributed by atoms with Crippen LogP contribution in [0.15, 0.2) is 29.6 Å². The summed E-state index contributed by atoms with van der Waals surface area (Å²) in [4.78, 5) is 33.0. The van der Waals surface area contributed by atoms with Crippen LogP contribution in [0.25, 0.3) is 11.3 Å². The van der Waals surface area contributed by atoms with Crippen LogP contribution < -0.4 is 10.1 Å². The standard InChI is InChI=1S/C18H17N3O4S2/c1-10-16(27-11(2)19-10)17(23)25-8-15(22)21-18-20-14(9-26-18)12-4-6-13(24-3)7-5-12/h4-7,9H,8H2,1-3H3,(H,20,21,22). The minimum Gasteiger partial charge on any atom is -0.497 e. The fraction of sp³-hybridized carbons (Fsp3) is 0.222. The van der Waals surface area contributed by atoms with Crippen molar-refractivity contribution in [1.82, 2.24) is 9.97 Å². The predicted octanol–water partition coefficient (Wildman–Crippen LogP) is 3.69. The Labute approximate surface area is 164 Å². The van der Waals surface area contributed by atoms with E-state index in [4.69, 9.17) is 9.47 Å². The number of carbonyl (C=O) groups is 2. The molecule has 3 aromatic rings. The van der Waals surface area contributed by atoms with E-state index in [1.165, 1.54) is 22.7 Å². The van der Waals surface area contributed by atoms with Gasteiger partial charge in [-0.3, -0.25) is 10.1 Å². The van der Waals surface area contributed by atoms with E-state index in [0.29, 0.717) is 15.7 Å². The lowest BCUT2D eigenvalue weighted by atomic mass is 10.2. The maximum Gasteiger partial charge on any atom is 0.350 e. The van der Waals surface area contributed by atoms with Crippen LogP contribution in [0.3, 0.4) is 0 Å². The Morgan fingerprint density at radius 2 is 1.89 bits per heavy atom. The summed E-state index contributed by atoms with van der Waals surface area (Å²) in [5.74, 6) is -0.236. The Bertz CT molecular complexity index is 963. The van der Waals surface area contributed by atoms with Gasteiger partial charge in [-0.05, 0) is 38.1 Å². The molecule has 0 bridgehead atoms. The fourth-order valence-electron chi connectivity index (χ4n) is 2.30. The molecule has 3 rings (SSSR count). The van der Waals surface area contributed by atoms with Gasteiger partial charge in [-0.15, -0.1) is 22.7 Å². The van der Waals surface area contributed by atoms with Crippen LogP contribution in [0.1, 0.15) is 20.4 Å². The van der Waals surface area contributed by atoms with Crippen LogP contribution in [-0.4, -0.2) is 35.6 Å². The molecule has 1 aromatic carbocycles. The van der Waals surface area contributed by atoms with Crippen molar-refractivity contribution in [3.8, 4) is 17.0 Å². The molecule has 1 amide bonds. The second-order valence-electron chi connectivity index (χ2n) is 5.54. The monoisotopic (exact) mass is 403 g/mol. The molecule has 0 radical (unpaired) electrons. The zero-order valence-corrected chi connectivity index (χ0v) is 16.6. The molecule has 0 aliphatic carbocycles. The molecule has 140 valence electrons. The predicted molar refractivity (Wildman–Crippen MR) is 105 cm³/mol. The van der Waals surface area contributed by atoms with Gasteiger partial charge in [0, 0.05) is 10.9 Å². The van der Waals surface area contributed by atoms with Gasteiger partial charge in [0.2, 0.25) is 0 Å².